The van der Waals surface area contributed by atoms with Gasteiger partial charge in [0.15, 0.2) is 0 Å². The van der Waals surface area contributed by atoms with Gasteiger partial charge in [-0.2, -0.15) is 0 Å². The molecule has 0 saturated heterocycles. The van der Waals surface area contributed by atoms with Crippen molar-refractivity contribution in [2.45, 2.75) is 0 Å². The van der Waals surface area contributed by atoms with Crippen LogP contribution in [-0.2, 0) is 0 Å². The molecule has 0 aliphatic carbocycles. The zero-order chi connectivity index (χ0) is 12.7. The Morgan fingerprint density at radius 2 is 1.74 bits per heavy atom. The van der Waals surface area contributed by atoms with Gasteiger partial charge in [0, 0.05) is 38.1 Å². The van der Waals surface area contributed by atoms with Crippen molar-refractivity contribution in [2.75, 3.05) is 0 Å². The van der Waals surface area contributed by atoms with Crippen LogP contribution in [0.5, 0.6) is 0 Å². The zero-order valence-corrected chi connectivity index (χ0v) is 10.9. The van der Waals surface area contributed by atoms with E-state index in [0.717, 1.165) is 0 Å². The van der Waals surface area contributed by atoms with Crippen LogP contribution >= 0.6 is 11.3 Å². The molecule has 89 valence electrons. The average molecular weight is 260 g/mol. The third kappa shape index (κ3) is 1.65. The van der Waals surface area contributed by atoms with Crippen LogP contribution in [0.2, 0.25) is 0 Å². The lowest BCUT2D eigenvalue weighted by Gasteiger charge is -2.01. The second kappa shape index (κ2) is 4.18. The van der Waals surface area contributed by atoms with E-state index in [9.17, 15) is 0 Å². The molecule has 0 bridgehead atoms. The Bertz CT molecular complexity index is 862. The third-order valence-electron chi connectivity index (χ3n) is 3.31. The quantitative estimate of drug-likeness (QED) is 0.473. The number of hydrogen-bond acceptors (Lipinski definition) is 2. The minimum absolute atomic E-state index is 1.17. The van der Waals surface area contributed by atoms with Crippen LogP contribution in [0.1, 0.15) is 0 Å². The molecule has 19 heavy (non-hydrogen) atoms. The molecule has 0 amide bonds. The molecular formula is C17H10NS. The van der Waals surface area contributed by atoms with Crippen molar-refractivity contribution >= 4 is 31.5 Å². The summed E-state index contributed by atoms with van der Waals surface area (Å²) < 4.78 is 2.63. The monoisotopic (exact) mass is 260 g/mol. The maximum atomic E-state index is 4.08. The van der Waals surface area contributed by atoms with Crippen LogP contribution in [0.3, 0.4) is 0 Å². The minimum atomic E-state index is 1.17. The highest BCUT2D eigenvalue weighted by molar-refractivity contribution is 7.26. The fourth-order valence-electron chi connectivity index (χ4n) is 2.42. The van der Waals surface area contributed by atoms with Gasteiger partial charge in [0.05, 0.1) is 0 Å². The Hall–Kier alpha value is -2.19. The molecule has 2 heteroatoms. The second-order valence-corrected chi connectivity index (χ2v) is 5.48. The molecule has 0 aliphatic heterocycles. The van der Waals surface area contributed by atoms with Gasteiger partial charge in [0.25, 0.3) is 0 Å². The van der Waals surface area contributed by atoms with E-state index < -0.39 is 0 Å². The van der Waals surface area contributed by atoms with Gasteiger partial charge in [-0.25, -0.2) is 0 Å². The Morgan fingerprint density at radius 1 is 0.895 bits per heavy atom. The van der Waals surface area contributed by atoms with E-state index in [1.54, 1.807) is 0 Å². The molecular weight excluding hydrogens is 250 g/mol. The summed E-state index contributed by atoms with van der Waals surface area (Å²) in [5, 5.41) is 2.64. The van der Waals surface area contributed by atoms with Crippen LogP contribution in [-0.4, -0.2) is 4.98 Å². The summed E-state index contributed by atoms with van der Waals surface area (Å²) in [6.45, 7) is 0. The lowest BCUT2D eigenvalue weighted by Crippen LogP contribution is -1.78. The van der Waals surface area contributed by atoms with Crippen molar-refractivity contribution in [3.63, 3.8) is 0 Å². The summed E-state index contributed by atoms with van der Waals surface area (Å²) in [6.07, 6.45) is 3.66. The van der Waals surface area contributed by atoms with Crippen molar-refractivity contribution < 1.29 is 0 Å². The first kappa shape index (κ1) is 10.7. The first-order valence-corrected chi connectivity index (χ1v) is 6.97. The molecule has 4 aromatic rings. The van der Waals surface area contributed by atoms with Gasteiger partial charge in [0.1, 0.15) is 0 Å². The number of hydrogen-bond donors (Lipinski definition) is 0. The Balaban J connectivity index is 2.13. The molecule has 0 fully saturated rings. The highest BCUT2D eigenvalue weighted by Crippen LogP contribution is 2.39. The zero-order valence-electron chi connectivity index (χ0n) is 10.1. The minimum Gasteiger partial charge on any atom is -0.265 e. The molecule has 4 rings (SSSR count). The summed E-state index contributed by atoms with van der Waals surface area (Å²) in [6, 6.07) is 20.2. The van der Waals surface area contributed by atoms with E-state index in [4.69, 9.17) is 0 Å². The number of benzene rings is 2. The summed E-state index contributed by atoms with van der Waals surface area (Å²) >= 11 is 1.83. The van der Waals surface area contributed by atoms with Crippen molar-refractivity contribution in [1.29, 1.82) is 0 Å². The van der Waals surface area contributed by atoms with Crippen LogP contribution in [0.25, 0.3) is 31.3 Å². The van der Waals surface area contributed by atoms with Gasteiger partial charge in [-0.05, 0) is 29.8 Å². The summed E-state index contributed by atoms with van der Waals surface area (Å²) in [5.41, 5.74) is 2.34. The fraction of sp³-hybridized carbons (Fsp3) is 0. The van der Waals surface area contributed by atoms with E-state index in [2.05, 4.69) is 41.4 Å². The molecule has 1 radical (unpaired) electrons. The standard InChI is InChI=1S/C17H10NS/c1-2-7-16-14(4-1)15-6-3-5-13(17(15)19-16)12-8-10-18-11-9-12/h1-4,6-11H. The first-order valence-electron chi connectivity index (χ1n) is 6.16. The van der Waals surface area contributed by atoms with Crippen molar-refractivity contribution in [2.24, 2.45) is 0 Å². The van der Waals surface area contributed by atoms with Crippen LogP contribution in [0, 0.1) is 6.07 Å². The van der Waals surface area contributed by atoms with Gasteiger partial charge in [-0.3, -0.25) is 4.98 Å². The molecule has 2 aromatic carbocycles. The number of thiophene rings is 1. The van der Waals surface area contributed by atoms with Crippen LogP contribution in [0.4, 0.5) is 0 Å². The number of nitrogens with zero attached hydrogens (tertiary/aromatic N) is 1. The van der Waals surface area contributed by atoms with Crippen molar-refractivity contribution in [3.8, 4) is 11.1 Å². The second-order valence-electron chi connectivity index (χ2n) is 4.43. The largest absolute Gasteiger partial charge is 0.265 e. The highest BCUT2D eigenvalue weighted by Gasteiger charge is 2.09. The lowest BCUT2D eigenvalue weighted by molar-refractivity contribution is 1.33. The van der Waals surface area contributed by atoms with Crippen molar-refractivity contribution in [3.05, 3.63) is 67.0 Å². The normalized spacial score (nSPS) is 11.2. The van der Waals surface area contributed by atoms with Crippen LogP contribution < -0.4 is 0 Å². The Kier molecular flexibility index (Phi) is 2.35. The number of rotatable bonds is 1. The molecule has 2 aromatic heterocycles. The van der Waals surface area contributed by atoms with Crippen molar-refractivity contribution in [1.82, 2.24) is 4.98 Å². The lowest BCUT2D eigenvalue weighted by atomic mass is 10.0. The molecule has 0 aliphatic rings. The van der Waals surface area contributed by atoms with E-state index in [-0.39, 0.29) is 0 Å². The highest BCUT2D eigenvalue weighted by atomic mass is 32.1. The summed E-state index contributed by atoms with van der Waals surface area (Å²) in [4.78, 5) is 4.08. The smallest absolute Gasteiger partial charge is 0.0440 e. The van der Waals surface area contributed by atoms with E-state index >= 15 is 0 Å². The first-order chi connectivity index (χ1) is 9.43. The number of fused-ring (bicyclic) bond motifs is 3. The maximum absolute atomic E-state index is 4.08. The maximum Gasteiger partial charge on any atom is 0.0440 e. The Morgan fingerprint density at radius 3 is 2.63 bits per heavy atom. The Labute approximate surface area is 115 Å². The van der Waals surface area contributed by atoms with Crippen LogP contribution in [0.15, 0.2) is 60.9 Å². The molecule has 0 spiro atoms. The van der Waals surface area contributed by atoms with E-state index in [0.29, 0.717) is 0 Å². The van der Waals surface area contributed by atoms with Gasteiger partial charge in [-0.15, -0.1) is 11.3 Å². The summed E-state index contributed by atoms with van der Waals surface area (Å²) in [5.74, 6) is 0. The fourth-order valence-corrected chi connectivity index (χ4v) is 3.64. The molecule has 1 nitrogen and oxygen atoms in total. The van der Waals surface area contributed by atoms with Gasteiger partial charge >= 0.3 is 0 Å². The molecule has 2 heterocycles. The molecule has 0 atom stereocenters. The van der Waals surface area contributed by atoms with Gasteiger partial charge in [0.2, 0.25) is 0 Å². The predicted molar refractivity (Wildman–Crippen MR) is 81.4 cm³/mol. The molecule has 0 unspecified atom stereocenters. The average Bonchev–Trinajstić information content (AvgIpc) is 2.87. The third-order valence-corrected chi connectivity index (χ3v) is 4.51. The molecule has 0 saturated carbocycles. The van der Waals surface area contributed by atoms with E-state index in [1.807, 2.05) is 41.9 Å². The summed E-state index contributed by atoms with van der Waals surface area (Å²) in [7, 11) is 0. The topological polar surface area (TPSA) is 12.9 Å². The predicted octanol–water partition coefficient (Wildman–Crippen LogP) is 4.92. The number of aromatic nitrogens is 1. The molecule has 0 N–H and O–H groups in total. The van der Waals surface area contributed by atoms with Gasteiger partial charge < -0.3 is 0 Å². The SMILES string of the molecule is [c]1ccc2c(sc3ccccc32)c1-c1ccncc1. The van der Waals surface area contributed by atoms with Gasteiger partial charge in [-0.1, -0.05) is 30.3 Å². The number of pyridine rings is 1. The van der Waals surface area contributed by atoms with E-state index in [1.165, 1.54) is 31.3 Å².